The highest BCUT2D eigenvalue weighted by Crippen LogP contribution is 2.19. The first-order valence-corrected chi connectivity index (χ1v) is 6.75. The molecule has 1 amide bonds. The van der Waals surface area contributed by atoms with Crippen molar-refractivity contribution < 1.29 is 9.53 Å². The summed E-state index contributed by atoms with van der Waals surface area (Å²) in [7, 11) is 1.83. The van der Waals surface area contributed by atoms with Crippen LogP contribution in [-0.2, 0) is 7.05 Å². The lowest BCUT2D eigenvalue weighted by molar-refractivity contribution is 0.101. The molecule has 0 bridgehead atoms. The van der Waals surface area contributed by atoms with Gasteiger partial charge in [0, 0.05) is 29.5 Å². The lowest BCUT2D eigenvalue weighted by Crippen LogP contribution is -2.15. The van der Waals surface area contributed by atoms with Crippen molar-refractivity contribution in [3.63, 3.8) is 0 Å². The van der Waals surface area contributed by atoms with Gasteiger partial charge in [0.25, 0.3) is 5.91 Å². The van der Waals surface area contributed by atoms with Gasteiger partial charge in [0.1, 0.15) is 11.4 Å². The number of carbonyl (C=O) groups excluding carboxylic acids is 1. The molecule has 0 radical (unpaired) electrons. The number of anilines is 1. The molecule has 0 aliphatic carbocycles. The van der Waals surface area contributed by atoms with Crippen molar-refractivity contribution in [2.75, 3.05) is 11.9 Å². The summed E-state index contributed by atoms with van der Waals surface area (Å²) >= 11 is 3.35. The summed E-state index contributed by atoms with van der Waals surface area (Å²) in [5, 5.41) is 2.85. The Morgan fingerprint density at radius 1 is 1.42 bits per heavy atom. The summed E-state index contributed by atoms with van der Waals surface area (Å²) in [5.74, 6) is 0.593. The first-order chi connectivity index (χ1) is 9.10. The van der Waals surface area contributed by atoms with Gasteiger partial charge in [0.2, 0.25) is 0 Å². The number of nitrogens with one attached hydrogen (secondary N) is 1. The second-order valence-electron chi connectivity index (χ2n) is 4.07. The second-order valence-corrected chi connectivity index (χ2v) is 4.99. The van der Waals surface area contributed by atoms with E-state index in [0.29, 0.717) is 18.0 Å². The summed E-state index contributed by atoms with van der Waals surface area (Å²) in [5.41, 5.74) is 1.31. The Morgan fingerprint density at radius 3 is 2.84 bits per heavy atom. The summed E-state index contributed by atoms with van der Waals surface area (Å²) < 4.78 is 8.05. The van der Waals surface area contributed by atoms with E-state index in [4.69, 9.17) is 4.74 Å². The standard InChI is InChI=1S/C14H15BrN2O2/c1-3-19-12-6-4-5-11(8-12)16-14(18)13-7-10(15)9-17(13)2/h4-9H,3H2,1-2H3,(H,16,18). The van der Waals surface area contributed by atoms with Gasteiger partial charge in [0.15, 0.2) is 0 Å². The van der Waals surface area contributed by atoms with E-state index in [9.17, 15) is 4.79 Å². The Hall–Kier alpha value is -1.75. The quantitative estimate of drug-likeness (QED) is 0.937. The van der Waals surface area contributed by atoms with Crippen LogP contribution in [0.4, 0.5) is 5.69 Å². The molecule has 19 heavy (non-hydrogen) atoms. The lowest BCUT2D eigenvalue weighted by atomic mass is 10.3. The Labute approximate surface area is 120 Å². The zero-order valence-electron chi connectivity index (χ0n) is 10.8. The van der Waals surface area contributed by atoms with Crippen molar-refractivity contribution in [1.82, 2.24) is 4.57 Å². The van der Waals surface area contributed by atoms with E-state index in [2.05, 4.69) is 21.2 Å². The van der Waals surface area contributed by atoms with E-state index in [-0.39, 0.29) is 5.91 Å². The van der Waals surface area contributed by atoms with Crippen LogP contribution in [0.2, 0.25) is 0 Å². The third-order valence-corrected chi connectivity index (χ3v) is 3.04. The first-order valence-electron chi connectivity index (χ1n) is 5.96. The molecule has 0 saturated heterocycles. The highest BCUT2D eigenvalue weighted by Gasteiger charge is 2.11. The van der Waals surface area contributed by atoms with E-state index >= 15 is 0 Å². The van der Waals surface area contributed by atoms with Crippen LogP contribution in [0.1, 0.15) is 17.4 Å². The fourth-order valence-corrected chi connectivity index (χ4v) is 2.30. The van der Waals surface area contributed by atoms with Gasteiger partial charge in [-0.05, 0) is 41.1 Å². The largest absolute Gasteiger partial charge is 0.494 e. The number of hydrogen-bond acceptors (Lipinski definition) is 2. The van der Waals surface area contributed by atoms with Gasteiger partial charge < -0.3 is 14.6 Å². The predicted octanol–water partition coefficient (Wildman–Crippen LogP) is 3.44. The molecule has 5 heteroatoms. The number of benzene rings is 1. The van der Waals surface area contributed by atoms with Crippen molar-refractivity contribution >= 4 is 27.5 Å². The number of hydrogen-bond donors (Lipinski definition) is 1. The number of amides is 1. The molecule has 1 aromatic heterocycles. The van der Waals surface area contributed by atoms with Crippen molar-refractivity contribution in [3.05, 3.63) is 46.7 Å². The molecule has 0 fully saturated rings. The van der Waals surface area contributed by atoms with Crippen LogP contribution in [0.3, 0.4) is 0 Å². The summed E-state index contributed by atoms with van der Waals surface area (Å²) in [6.07, 6.45) is 1.84. The fourth-order valence-electron chi connectivity index (χ4n) is 1.78. The third kappa shape index (κ3) is 3.38. The summed E-state index contributed by atoms with van der Waals surface area (Å²) in [6.45, 7) is 2.52. The molecule has 0 aliphatic rings. The monoisotopic (exact) mass is 322 g/mol. The number of rotatable bonds is 4. The van der Waals surface area contributed by atoms with Gasteiger partial charge in [-0.3, -0.25) is 4.79 Å². The molecule has 100 valence electrons. The van der Waals surface area contributed by atoms with Crippen LogP contribution < -0.4 is 10.1 Å². The highest BCUT2D eigenvalue weighted by atomic mass is 79.9. The topological polar surface area (TPSA) is 43.3 Å². The van der Waals surface area contributed by atoms with Crippen LogP contribution in [-0.4, -0.2) is 17.1 Å². The molecule has 0 atom stereocenters. The van der Waals surface area contributed by atoms with Crippen molar-refractivity contribution in [2.24, 2.45) is 7.05 Å². The number of halogens is 1. The molecular weight excluding hydrogens is 308 g/mol. The van der Waals surface area contributed by atoms with Crippen molar-refractivity contribution in [3.8, 4) is 5.75 Å². The van der Waals surface area contributed by atoms with E-state index in [1.165, 1.54) is 0 Å². The molecule has 2 aromatic rings. The van der Waals surface area contributed by atoms with E-state index < -0.39 is 0 Å². The van der Waals surface area contributed by atoms with E-state index in [1.54, 1.807) is 16.7 Å². The first kappa shape index (κ1) is 13.7. The summed E-state index contributed by atoms with van der Waals surface area (Å²) in [6, 6.07) is 9.12. The normalized spacial score (nSPS) is 10.3. The predicted molar refractivity (Wildman–Crippen MR) is 78.7 cm³/mol. The van der Waals surface area contributed by atoms with Crippen LogP contribution in [0, 0.1) is 0 Å². The van der Waals surface area contributed by atoms with Gasteiger partial charge in [-0.1, -0.05) is 6.07 Å². The molecule has 0 aliphatic heterocycles. The number of aromatic nitrogens is 1. The molecule has 1 N–H and O–H groups in total. The maximum Gasteiger partial charge on any atom is 0.272 e. The van der Waals surface area contributed by atoms with Crippen LogP contribution >= 0.6 is 15.9 Å². The Bertz CT molecular complexity index is 593. The zero-order chi connectivity index (χ0) is 13.8. The SMILES string of the molecule is CCOc1cccc(NC(=O)c2cc(Br)cn2C)c1. The minimum Gasteiger partial charge on any atom is -0.494 e. The van der Waals surface area contributed by atoms with Crippen molar-refractivity contribution in [1.29, 1.82) is 0 Å². The Morgan fingerprint density at radius 2 is 2.21 bits per heavy atom. The van der Waals surface area contributed by atoms with Crippen molar-refractivity contribution in [2.45, 2.75) is 6.92 Å². The van der Waals surface area contributed by atoms with Crippen LogP contribution in [0.5, 0.6) is 5.75 Å². The third-order valence-electron chi connectivity index (χ3n) is 2.61. The van der Waals surface area contributed by atoms with Crippen LogP contribution in [0.15, 0.2) is 41.0 Å². The van der Waals surface area contributed by atoms with Crippen LogP contribution in [0.25, 0.3) is 0 Å². The molecular formula is C14H15BrN2O2. The molecule has 4 nitrogen and oxygen atoms in total. The van der Waals surface area contributed by atoms with E-state index in [0.717, 1.165) is 10.2 Å². The average Bonchev–Trinajstić information content (AvgIpc) is 2.69. The minimum absolute atomic E-state index is 0.151. The number of aryl methyl sites for hydroxylation is 1. The molecule has 0 spiro atoms. The maximum atomic E-state index is 12.1. The molecule has 1 aromatic carbocycles. The number of carbonyl (C=O) groups is 1. The average molecular weight is 323 g/mol. The van der Waals surface area contributed by atoms with Gasteiger partial charge in [-0.2, -0.15) is 0 Å². The fraction of sp³-hybridized carbons (Fsp3) is 0.214. The maximum absolute atomic E-state index is 12.1. The van der Waals surface area contributed by atoms with Gasteiger partial charge in [-0.25, -0.2) is 0 Å². The highest BCUT2D eigenvalue weighted by molar-refractivity contribution is 9.10. The molecule has 2 rings (SSSR count). The lowest BCUT2D eigenvalue weighted by Gasteiger charge is -2.08. The Kier molecular flexibility index (Phi) is 4.27. The zero-order valence-corrected chi connectivity index (χ0v) is 12.4. The molecule has 0 saturated carbocycles. The van der Waals surface area contributed by atoms with Gasteiger partial charge in [0.05, 0.1) is 6.61 Å². The van der Waals surface area contributed by atoms with E-state index in [1.807, 2.05) is 38.4 Å². The number of nitrogens with zero attached hydrogens (tertiary/aromatic N) is 1. The number of ether oxygens (including phenoxy) is 1. The second kappa shape index (κ2) is 5.93. The van der Waals surface area contributed by atoms with Gasteiger partial charge in [-0.15, -0.1) is 0 Å². The van der Waals surface area contributed by atoms with Gasteiger partial charge >= 0.3 is 0 Å². The molecule has 1 heterocycles. The minimum atomic E-state index is -0.151. The smallest absolute Gasteiger partial charge is 0.272 e. The summed E-state index contributed by atoms with van der Waals surface area (Å²) in [4.78, 5) is 12.1. The Balaban J connectivity index is 2.14. The molecule has 0 unspecified atom stereocenters.